The molecule has 474 valence electrons. The minimum absolute atomic E-state index is 0.0232. The molecule has 0 aromatic carbocycles. The Kier molecular flexibility index (Phi) is 59.1. The van der Waals surface area contributed by atoms with Crippen molar-refractivity contribution in [1.29, 1.82) is 0 Å². The number of amides is 1. The van der Waals surface area contributed by atoms with Crippen molar-refractivity contribution < 1.29 is 37.3 Å². The molecule has 0 aliphatic heterocycles. The van der Waals surface area contributed by atoms with Crippen molar-refractivity contribution in [2.75, 3.05) is 40.9 Å². The first-order chi connectivity index (χ1) is 39.4. The van der Waals surface area contributed by atoms with Crippen LogP contribution >= 0.6 is 7.82 Å². The van der Waals surface area contributed by atoms with Gasteiger partial charge in [0.05, 0.1) is 33.8 Å². The van der Waals surface area contributed by atoms with Crippen LogP contribution in [0.3, 0.4) is 0 Å². The first-order valence-corrected chi connectivity index (χ1v) is 36.1. The Morgan fingerprint density at radius 2 is 0.753 bits per heavy atom. The lowest BCUT2D eigenvalue weighted by atomic mass is 10.0. The maximum atomic E-state index is 13.6. The molecule has 0 rings (SSSR count). The largest absolute Gasteiger partial charge is 0.756 e. The second kappa shape index (κ2) is 60.8. The van der Waals surface area contributed by atoms with Gasteiger partial charge in [-0.15, -0.1) is 0 Å². The van der Waals surface area contributed by atoms with Crippen LogP contribution in [0.4, 0.5) is 0 Å². The summed E-state index contributed by atoms with van der Waals surface area (Å²) in [6, 6.07) is -0.891. The Hall–Kier alpha value is -2.29. The van der Waals surface area contributed by atoms with E-state index in [-0.39, 0.29) is 31.5 Å². The summed E-state index contributed by atoms with van der Waals surface area (Å²) in [4.78, 5) is 40.1. The van der Waals surface area contributed by atoms with Gasteiger partial charge in [0.15, 0.2) is 0 Å². The summed E-state index contributed by atoms with van der Waals surface area (Å²) in [7, 11) is 1.19. The number of ether oxygens (including phenoxy) is 1. The third-order valence-corrected chi connectivity index (χ3v) is 16.4. The van der Waals surface area contributed by atoms with E-state index in [1.165, 1.54) is 225 Å². The molecule has 0 saturated heterocycles. The molecule has 3 atom stereocenters. The molecular weight excluding hydrogens is 1020 g/mol. The fourth-order valence-corrected chi connectivity index (χ4v) is 10.8. The first kappa shape index (κ1) is 78.7. The van der Waals surface area contributed by atoms with Gasteiger partial charge in [0.25, 0.3) is 7.82 Å². The smallest absolute Gasteiger partial charge is 0.306 e. The zero-order valence-corrected chi connectivity index (χ0v) is 55.1. The number of hydrogen-bond acceptors (Lipinski definition) is 7. The molecule has 10 heteroatoms. The number of allylic oxidation sites excluding steroid dienone is 9. The quantitative estimate of drug-likeness (QED) is 0.0212. The van der Waals surface area contributed by atoms with Gasteiger partial charge in [-0.1, -0.05) is 281 Å². The monoisotopic (exact) mass is 1160 g/mol. The van der Waals surface area contributed by atoms with Crippen LogP contribution in [0.2, 0.25) is 0 Å². The standard InChI is InChI=1S/C71H133N2O7P/c1-7-10-13-16-19-22-25-27-29-31-33-35-36-38-40-42-44-46-49-52-55-58-61-64-71(75)80-69(62-59-56-53-50-47-24-21-18-15-12-9-3)68(67-79-81(76,77)78-66-65-73(4,5)6)72-70(74)63-60-57-54-51-48-45-43-41-39-37-34-32-30-28-26-23-20-17-14-11-8-2/h19,22,27-30,33,35,59,62,68-69H,7-18,20-21,23-26,31-32,34,36-58,60-61,63-67H2,1-6H3,(H-,72,74,76,77)/b22-19-,29-27-,30-28+,35-33-,62-59+. The lowest BCUT2D eigenvalue weighted by molar-refractivity contribution is -0.870. The van der Waals surface area contributed by atoms with Gasteiger partial charge in [0, 0.05) is 12.8 Å². The number of hydrogen-bond donors (Lipinski definition) is 1. The highest BCUT2D eigenvalue weighted by atomic mass is 31.2. The minimum atomic E-state index is -4.70. The molecule has 0 bridgehead atoms. The van der Waals surface area contributed by atoms with E-state index in [1.807, 2.05) is 33.3 Å². The lowest BCUT2D eigenvalue weighted by Crippen LogP contribution is -2.47. The number of unbranched alkanes of at least 4 members (excludes halogenated alkanes) is 39. The van der Waals surface area contributed by atoms with Crippen molar-refractivity contribution in [2.24, 2.45) is 0 Å². The third-order valence-electron chi connectivity index (χ3n) is 15.4. The number of quaternary nitrogens is 1. The summed E-state index contributed by atoms with van der Waals surface area (Å²) in [5, 5.41) is 3.04. The van der Waals surface area contributed by atoms with Crippen LogP contribution in [0, 0.1) is 0 Å². The molecule has 0 radical (unpaired) electrons. The van der Waals surface area contributed by atoms with Crippen LogP contribution in [-0.2, 0) is 27.9 Å². The molecule has 0 aromatic rings. The van der Waals surface area contributed by atoms with E-state index in [4.69, 9.17) is 13.8 Å². The number of carbonyl (C=O) groups is 2. The van der Waals surface area contributed by atoms with Gasteiger partial charge in [-0.05, 0) is 96.0 Å². The number of likely N-dealkylation sites (N-methyl/N-ethyl adjacent to an activating group) is 1. The minimum Gasteiger partial charge on any atom is -0.756 e. The normalized spacial score (nSPS) is 13.9. The second-order valence-corrected chi connectivity index (χ2v) is 26.1. The van der Waals surface area contributed by atoms with Gasteiger partial charge < -0.3 is 28.5 Å². The molecule has 1 N–H and O–H groups in total. The van der Waals surface area contributed by atoms with Crippen LogP contribution < -0.4 is 10.2 Å². The number of nitrogens with zero attached hydrogens (tertiary/aromatic N) is 1. The summed E-state index contributed by atoms with van der Waals surface area (Å²) in [5.41, 5.74) is 0. The first-order valence-electron chi connectivity index (χ1n) is 34.6. The number of carbonyl (C=O) groups excluding carboxylic acids is 2. The van der Waals surface area contributed by atoms with Crippen molar-refractivity contribution in [3.8, 4) is 0 Å². The van der Waals surface area contributed by atoms with E-state index < -0.39 is 20.0 Å². The Bertz CT molecular complexity index is 1570. The summed E-state index contributed by atoms with van der Waals surface area (Å²) in [5.74, 6) is -0.536. The van der Waals surface area contributed by atoms with Gasteiger partial charge in [0.1, 0.15) is 19.3 Å². The summed E-state index contributed by atoms with van der Waals surface area (Å²) < 4.78 is 30.4. The molecule has 3 unspecified atom stereocenters. The van der Waals surface area contributed by atoms with Gasteiger partial charge in [-0.25, -0.2) is 0 Å². The molecule has 9 nitrogen and oxygen atoms in total. The van der Waals surface area contributed by atoms with E-state index in [2.05, 4.69) is 74.7 Å². The van der Waals surface area contributed by atoms with Crippen molar-refractivity contribution in [2.45, 2.75) is 341 Å². The zero-order valence-electron chi connectivity index (χ0n) is 54.2. The number of phosphoric acid groups is 1. The molecule has 0 saturated carbocycles. The van der Waals surface area contributed by atoms with E-state index in [0.717, 1.165) is 70.6 Å². The number of nitrogens with one attached hydrogen (secondary N) is 1. The molecule has 0 aromatic heterocycles. The number of rotatable bonds is 63. The van der Waals surface area contributed by atoms with Gasteiger partial charge in [-0.3, -0.25) is 14.2 Å². The predicted octanol–water partition coefficient (Wildman–Crippen LogP) is 21.2. The number of esters is 1. The van der Waals surface area contributed by atoms with Crippen molar-refractivity contribution >= 4 is 19.7 Å². The topological polar surface area (TPSA) is 114 Å². The maximum absolute atomic E-state index is 13.6. The Labute approximate surface area is 502 Å². The molecule has 81 heavy (non-hydrogen) atoms. The summed E-state index contributed by atoms with van der Waals surface area (Å²) in [6.07, 6.45) is 77.6. The molecule has 0 spiro atoms. The third kappa shape index (κ3) is 62.1. The van der Waals surface area contributed by atoms with Gasteiger partial charge in [-0.2, -0.15) is 0 Å². The molecular formula is C71H133N2O7P. The van der Waals surface area contributed by atoms with Gasteiger partial charge in [0.2, 0.25) is 5.91 Å². The number of phosphoric ester groups is 1. The van der Waals surface area contributed by atoms with Gasteiger partial charge >= 0.3 is 5.97 Å². The van der Waals surface area contributed by atoms with Crippen molar-refractivity contribution in [1.82, 2.24) is 5.32 Å². The summed E-state index contributed by atoms with van der Waals surface area (Å²) in [6.45, 7) is 6.84. The molecule has 0 aliphatic carbocycles. The fraction of sp³-hybridized carbons (Fsp3) is 0.831. The highest BCUT2D eigenvalue weighted by Crippen LogP contribution is 2.38. The molecule has 1 amide bonds. The van der Waals surface area contributed by atoms with Crippen molar-refractivity contribution in [3.63, 3.8) is 0 Å². The summed E-state index contributed by atoms with van der Waals surface area (Å²) >= 11 is 0. The van der Waals surface area contributed by atoms with Crippen LogP contribution in [0.25, 0.3) is 0 Å². The lowest BCUT2D eigenvalue weighted by Gasteiger charge is -2.30. The second-order valence-electron chi connectivity index (χ2n) is 24.7. The highest BCUT2D eigenvalue weighted by molar-refractivity contribution is 7.45. The van der Waals surface area contributed by atoms with E-state index in [9.17, 15) is 19.0 Å². The van der Waals surface area contributed by atoms with E-state index in [1.54, 1.807) is 0 Å². The zero-order chi connectivity index (χ0) is 59.3. The van der Waals surface area contributed by atoms with Crippen LogP contribution in [0.5, 0.6) is 0 Å². The Morgan fingerprint density at radius 1 is 0.432 bits per heavy atom. The van der Waals surface area contributed by atoms with E-state index in [0.29, 0.717) is 17.4 Å². The Balaban J connectivity index is 5.07. The average molecular weight is 1160 g/mol. The van der Waals surface area contributed by atoms with Crippen molar-refractivity contribution in [3.05, 3.63) is 60.8 Å². The Morgan fingerprint density at radius 3 is 1.16 bits per heavy atom. The molecule has 0 aliphatic rings. The molecule has 0 fully saturated rings. The SMILES string of the molecule is CCCCC/C=C\C/C=C\C/C=C\CCCCCCCCCCCCC(=O)OC(/C=C/CCCCCCCCCCC)C(COP(=O)([O-])OCC[N+](C)(C)C)NC(=O)CCCCCCCCCCCCC/C=C/CCCCCCCC. The molecule has 0 heterocycles. The fourth-order valence-electron chi connectivity index (χ4n) is 10.1. The average Bonchev–Trinajstić information content (AvgIpc) is 3.44. The van der Waals surface area contributed by atoms with Crippen LogP contribution in [0.15, 0.2) is 60.8 Å². The van der Waals surface area contributed by atoms with Crippen LogP contribution in [-0.4, -0.2) is 69.4 Å². The van der Waals surface area contributed by atoms with Crippen LogP contribution in [0.1, 0.15) is 329 Å². The maximum Gasteiger partial charge on any atom is 0.306 e. The predicted molar refractivity (Wildman–Crippen MR) is 349 cm³/mol. The highest BCUT2D eigenvalue weighted by Gasteiger charge is 2.27. The van der Waals surface area contributed by atoms with E-state index >= 15 is 0 Å².